The third-order valence-corrected chi connectivity index (χ3v) is 22.5. The molecular weight excluding hydrogens is 1640 g/mol. The van der Waals surface area contributed by atoms with E-state index in [1.54, 1.807) is 89.6 Å². The van der Waals surface area contributed by atoms with Gasteiger partial charge in [-0.15, -0.1) is 0 Å². The largest absolute Gasteiger partial charge is 0.493 e. The number of aromatic nitrogens is 4. The zero-order valence-corrected chi connectivity index (χ0v) is 73.3. The van der Waals surface area contributed by atoms with E-state index in [-0.39, 0.29) is 58.6 Å². The standard InChI is InChI=1S/C36H33F3N2O4.C31H29ClF3NO3.C31H32ClNO5S/c1-20-17-27-25(10-12-29(43)41(27)19-22-7-6-8-24(18-22)36(37,38)39)32(30(20)34(21(2)42)45-35(3,4)5)26-9-11-28-31-23(14-16-44-28)13-15-40-33(26)31;1-18-15-25-24(13-14-26(38)36(25)17-20-7-6-8-22(16-20)31(33,34)35)28(21-9-11-23(32)12-10-21)27(18)29(19(2)37)39-30(3,4)5;1-19-16-26-25(14-15-27(35)33(26)18-21-8-7-9-24(17-21)39(6,36)37)29(22-10-12-23(32)13-11-22)28(19)30(20(2)34)38-31(3,4)5/h6-13,15,17-18,34H,14,16,19H2,1-5H3;6-16,29H,17H2,1-5H3;7-17,30H,18H2,1-6H3. The maximum atomic E-state index is 13.5. The molecule has 0 bridgehead atoms. The van der Waals surface area contributed by atoms with E-state index in [9.17, 15) is 63.5 Å². The molecular formula is C98H94Cl2F6N4O12S. The van der Waals surface area contributed by atoms with Gasteiger partial charge in [-0.3, -0.25) is 33.8 Å². The summed E-state index contributed by atoms with van der Waals surface area (Å²) >= 11 is 12.4. The molecule has 0 aliphatic carbocycles. The van der Waals surface area contributed by atoms with E-state index in [4.69, 9.17) is 47.1 Å². The number of benzene rings is 9. The van der Waals surface area contributed by atoms with Gasteiger partial charge in [-0.2, -0.15) is 26.3 Å². The highest BCUT2D eigenvalue weighted by Crippen LogP contribution is 2.48. The van der Waals surface area contributed by atoms with Crippen LogP contribution in [-0.2, 0) is 76.8 Å². The van der Waals surface area contributed by atoms with E-state index < -0.39 is 68.4 Å². The molecule has 16 nitrogen and oxygen atoms in total. The maximum Gasteiger partial charge on any atom is 0.416 e. The van der Waals surface area contributed by atoms with Crippen molar-refractivity contribution in [1.82, 2.24) is 18.7 Å². The summed E-state index contributed by atoms with van der Waals surface area (Å²) in [5.74, 6) is 0.218. The van der Waals surface area contributed by atoms with Crippen LogP contribution in [0.5, 0.6) is 5.75 Å². The smallest absolute Gasteiger partial charge is 0.416 e. The van der Waals surface area contributed by atoms with Crippen LogP contribution < -0.4 is 21.4 Å². The summed E-state index contributed by atoms with van der Waals surface area (Å²) in [6.45, 7) is 27.6. The number of nitrogens with zero attached hydrogens (tertiary/aromatic N) is 4. The third kappa shape index (κ3) is 20.7. The molecule has 9 aromatic carbocycles. The summed E-state index contributed by atoms with van der Waals surface area (Å²) in [7, 11) is -3.41. The van der Waals surface area contributed by atoms with Crippen molar-refractivity contribution in [3.05, 3.63) is 308 Å². The number of carbonyl (C=O) groups is 3. The lowest BCUT2D eigenvalue weighted by molar-refractivity contribution is -0.139. The van der Waals surface area contributed by atoms with Crippen LogP contribution in [0.15, 0.2) is 220 Å². The van der Waals surface area contributed by atoms with Crippen molar-refractivity contribution in [3.63, 3.8) is 0 Å². The molecule has 0 spiro atoms. The lowest BCUT2D eigenvalue weighted by Crippen LogP contribution is -2.27. The van der Waals surface area contributed by atoms with Gasteiger partial charge in [0.1, 0.15) is 24.1 Å². The van der Waals surface area contributed by atoms with Crippen molar-refractivity contribution in [3.8, 4) is 39.1 Å². The van der Waals surface area contributed by atoms with Crippen LogP contribution in [0.3, 0.4) is 0 Å². The number of hydrogen-bond acceptors (Lipinski definition) is 13. The number of ether oxygens (including phenoxy) is 4. The van der Waals surface area contributed by atoms with E-state index in [1.165, 1.54) is 66.3 Å². The third-order valence-electron chi connectivity index (χ3n) is 20.9. The zero-order chi connectivity index (χ0) is 89.7. The number of carbonyl (C=O) groups excluding carboxylic acids is 3. The Morgan fingerprint density at radius 1 is 0.463 bits per heavy atom. The first-order valence-corrected chi connectivity index (χ1v) is 42.4. The molecule has 123 heavy (non-hydrogen) atoms. The molecule has 0 radical (unpaired) electrons. The number of hydrogen-bond donors (Lipinski definition) is 0. The Kier molecular flexibility index (Phi) is 26.3. The lowest BCUT2D eigenvalue weighted by Gasteiger charge is -2.30. The van der Waals surface area contributed by atoms with Gasteiger partial charge in [0, 0.05) is 74.2 Å². The van der Waals surface area contributed by atoms with Gasteiger partial charge in [0.25, 0.3) is 16.7 Å². The van der Waals surface area contributed by atoms with E-state index in [1.807, 2.05) is 138 Å². The van der Waals surface area contributed by atoms with Crippen LogP contribution in [0.1, 0.15) is 168 Å². The predicted octanol–water partition coefficient (Wildman–Crippen LogP) is 22.6. The molecule has 1 aliphatic rings. The van der Waals surface area contributed by atoms with Gasteiger partial charge in [0.05, 0.1) is 81.1 Å². The van der Waals surface area contributed by atoms with Gasteiger partial charge in [0.15, 0.2) is 27.2 Å². The predicted molar refractivity (Wildman–Crippen MR) is 472 cm³/mol. The van der Waals surface area contributed by atoms with Crippen molar-refractivity contribution < 1.29 is 68.1 Å². The minimum Gasteiger partial charge on any atom is -0.493 e. The number of alkyl halides is 6. The van der Waals surface area contributed by atoms with Gasteiger partial charge in [-0.25, -0.2) is 8.42 Å². The lowest BCUT2D eigenvalue weighted by atomic mass is 9.85. The number of fused-ring (bicyclic) bond motifs is 3. The van der Waals surface area contributed by atoms with Crippen molar-refractivity contribution >= 4 is 94.0 Å². The molecule has 4 aromatic heterocycles. The molecule has 0 N–H and O–H groups in total. The van der Waals surface area contributed by atoms with Crippen molar-refractivity contribution in [1.29, 1.82) is 0 Å². The van der Waals surface area contributed by atoms with Gasteiger partial charge >= 0.3 is 12.4 Å². The summed E-state index contributed by atoms with van der Waals surface area (Å²) in [5.41, 5.74) is 9.18. The molecule has 5 heterocycles. The Morgan fingerprint density at radius 2 is 0.821 bits per heavy atom. The van der Waals surface area contributed by atoms with Crippen LogP contribution in [0.4, 0.5) is 26.3 Å². The van der Waals surface area contributed by atoms with Crippen LogP contribution >= 0.6 is 23.2 Å². The van der Waals surface area contributed by atoms with Gasteiger partial charge in [-0.05, 0) is 303 Å². The average molecular weight is 1740 g/mol. The first kappa shape index (κ1) is 91.0. The summed E-state index contributed by atoms with van der Waals surface area (Å²) in [4.78, 5) is 83.8. The molecule has 13 aromatic rings. The highest BCUT2D eigenvalue weighted by Gasteiger charge is 2.37. The topological polar surface area (TPSA) is 201 Å². The maximum absolute atomic E-state index is 13.5. The number of Topliss-reactive ketones (excluding diaryl/α,β-unsaturated/α-hetero) is 3. The fraction of sp³-hybridized carbons (Fsp3) is 0.296. The van der Waals surface area contributed by atoms with Gasteiger partial charge in [-0.1, -0.05) is 83.9 Å². The summed E-state index contributed by atoms with van der Waals surface area (Å²) < 4.78 is 134. The van der Waals surface area contributed by atoms with Crippen LogP contribution in [0, 0.1) is 20.8 Å². The number of rotatable bonds is 19. The SMILES string of the molecule is CC(=O)C(OC(C)(C)C)c1c(C)cc2c(ccc(=O)n2Cc2cccc(C(F)(F)F)c2)c1-c1ccc(Cl)cc1.CC(=O)C(OC(C)(C)C)c1c(C)cc2c(ccc(=O)n2Cc2cccc(C(F)(F)F)c2)c1-c1ccc2c3c(ccnc13)CCO2.CC(=O)C(OC(C)(C)C)c1c(C)cc2c(ccc(=O)n2Cc2cccc(S(C)(=O)=O)c2)c1-c1ccc(Cl)cc1. The Bertz CT molecular complexity index is 6630. The Balaban J connectivity index is 0.000000169. The summed E-state index contributed by atoms with van der Waals surface area (Å²) in [5, 5.41) is 4.07. The van der Waals surface area contributed by atoms with E-state index >= 15 is 0 Å². The summed E-state index contributed by atoms with van der Waals surface area (Å²) in [6.07, 6.45) is -8.03. The molecule has 3 unspecified atom stereocenters. The number of aryl methyl sites for hydroxylation is 3. The highest BCUT2D eigenvalue weighted by atomic mass is 35.5. The normalized spacial score (nSPS) is 13.4. The van der Waals surface area contributed by atoms with Crippen molar-refractivity contribution in [2.45, 2.75) is 182 Å². The molecule has 0 fully saturated rings. The molecule has 0 amide bonds. The number of halogens is 8. The first-order chi connectivity index (χ1) is 57.5. The van der Waals surface area contributed by atoms with Crippen LogP contribution in [0.2, 0.25) is 10.0 Å². The highest BCUT2D eigenvalue weighted by molar-refractivity contribution is 7.90. The second-order valence-electron chi connectivity index (χ2n) is 33.9. The molecule has 1 aliphatic heterocycles. The van der Waals surface area contributed by atoms with Crippen molar-refractivity contribution in [2.24, 2.45) is 0 Å². The van der Waals surface area contributed by atoms with Gasteiger partial charge in [0.2, 0.25) is 0 Å². The van der Waals surface area contributed by atoms with Crippen molar-refractivity contribution in [2.75, 3.05) is 12.9 Å². The molecule has 14 rings (SSSR count). The Labute approximate surface area is 718 Å². The molecule has 3 atom stereocenters. The van der Waals surface area contributed by atoms with E-state index in [0.29, 0.717) is 99.6 Å². The van der Waals surface area contributed by atoms with Crippen LogP contribution in [-0.4, -0.2) is 74.1 Å². The Hall–Kier alpha value is -11.2. The fourth-order valence-electron chi connectivity index (χ4n) is 15.7. The van der Waals surface area contributed by atoms with E-state index in [2.05, 4.69) is 0 Å². The molecule has 0 saturated heterocycles. The molecule has 640 valence electrons. The fourth-order valence-corrected chi connectivity index (χ4v) is 16.7. The van der Waals surface area contributed by atoms with Gasteiger partial charge < -0.3 is 32.6 Å². The summed E-state index contributed by atoms with van der Waals surface area (Å²) in [6, 6.07) is 51.7. The Morgan fingerprint density at radius 3 is 1.18 bits per heavy atom. The number of sulfone groups is 1. The second kappa shape index (κ2) is 35.6. The number of pyridine rings is 4. The second-order valence-corrected chi connectivity index (χ2v) is 36.8. The monoisotopic (exact) mass is 1730 g/mol. The van der Waals surface area contributed by atoms with Crippen LogP contribution in [0.25, 0.3) is 77.0 Å². The quantitative estimate of drug-likeness (QED) is 0.0693. The van der Waals surface area contributed by atoms with E-state index in [0.717, 1.165) is 92.4 Å². The molecule has 0 saturated carbocycles. The zero-order valence-electron chi connectivity index (χ0n) is 70.9. The minimum absolute atomic E-state index is 0.0619. The first-order valence-electron chi connectivity index (χ1n) is 39.8. The molecule has 25 heteroatoms. The average Bonchev–Trinajstić information content (AvgIpc) is 0.740. The number of ketones is 3. The minimum atomic E-state index is -4.52.